The summed E-state index contributed by atoms with van der Waals surface area (Å²) in [5.41, 5.74) is 6.63. The molecule has 0 aromatic carbocycles. The smallest absolute Gasteiger partial charge is 0.341 e. The lowest BCUT2D eigenvalue weighted by Gasteiger charge is -2.10. The summed E-state index contributed by atoms with van der Waals surface area (Å²) in [5, 5.41) is 7.17. The maximum atomic E-state index is 11.8. The standard InChI is InChI=1S/C13H17N5O2/c1-2-20-13(19)11-4-3-5-15-12(11)16-6-7-18-9-10(14)8-17-18/h3-5,8-9H,2,6-7,14H2,1H3,(H,15,16). The van der Waals surface area contributed by atoms with E-state index in [2.05, 4.69) is 15.4 Å². The van der Waals surface area contributed by atoms with Gasteiger partial charge in [0.25, 0.3) is 0 Å². The van der Waals surface area contributed by atoms with E-state index >= 15 is 0 Å². The first-order chi connectivity index (χ1) is 9.70. The van der Waals surface area contributed by atoms with Gasteiger partial charge in [-0.05, 0) is 19.1 Å². The van der Waals surface area contributed by atoms with Crippen LogP contribution in [0.1, 0.15) is 17.3 Å². The number of nitrogens with one attached hydrogen (secondary N) is 1. The minimum absolute atomic E-state index is 0.333. The molecule has 20 heavy (non-hydrogen) atoms. The predicted octanol–water partition coefficient (Wildman–Crippen LogP) is 1.15. The summed E-state index contributed by atoms with van der Waals surface area (Å²) >= 11 is 0. The SMILES string of the molecule is CCOC(=O)c1cccnc1NCCn1cc(N)cn1. The van der Waals surface area contributed by atoms with Crippen LogP contribution in [0.4, 0.5) is 11.5 Å². The average molecular weight is 275 g/mol. The summed E-state index contributed by atoms with van der Waals surface area (Å²) in [6, 6.07) is 3.38. The van der Waals surface area contributed by atoms with E-state index in [1.165, 1.54) is 0 Å². The molecule has 106 valence electrons. The van der Waals surface area contributed by atoms with E-state index in [0.29, 0.717) is 36.8 Å². The van der Waals surface area contributed by atoms with Crippen LogP contribution in [0.5, 0.6) is 0 Å². The topological polar surface area (TPSA) is 95.1 Å². The van der Waals surface area contributed by atoms with Crippen molar-refractivity contribution >= 4 is 17.5 Å². The van der Waals surface area contributed by atoms with Crippen molar-refractivity contribution in [3.8, 4) is 0 Å². The van der Waals surface area contributed by atoms with Crippen LogP contribution >= 0.6 is 0 Å². The Labute approximate surface area is 116 Å². The van der Waals surface area contributed by atoms with Gasteiger partial charge in [-0.3, -0.25) is 4.68 Å². The van der Waals surface area contributed by atoms with Gasteiger partial charge in [0, 0.05) is 18.9 Å². The highest BCUT2D eigenvalue weighted by atomic mass is 16.5. The van der Waals surface area contributed by atoms with E-state index in [1.807, 2.05) is 0 Å². The molecule has 0 bridgehead atoms. The number of aromatic nitrogens is 3. The molecule has 0 unspecified atom stereocenters. The summed E-state index contributed by atoms with van der Waals surface area (Å²) in [5.74, 6) is 0.123. The number of carbonyl (C=O) groups is 1. The summed E-state index contributed by atoms with van der Waals surface area (Å²) in [4.78, 5) is 15.9. The monoisotopic (exact) mass is 275 g/mol. The fraction of sp³-hybridized carbons (Fsp3) is 0.308. The number of ether oxygens (including phenoxy) is 1. The minimum atomic E-state index is -0.383. The third-order valence-corrected chi connectivity index (χ3v) is 2.59. The number of nitrogens with zero attached hydrogens (tertiary/aromatic N) is 3. The summed E-state index contributed by atoms with van der Waals surface area (Å²) in [6.45, 7) is 3.30. The number of nitrogen functional groups attached to an aromatic ring is 1. The number of nitrogens with two attached hydrogens (primary N) is 1. The average Bonchev–Trinajstić information content (AvgIpc) is 2.85. The molecule has 0 saturated heterocycles. The van der Waals surface area contributed by atoms with Gasteiger partial charge in [0.15, 0.2) is 0 Å². The minimum Gasteiger partial charge on any atom is -0.462 e. The van der Waals surface area contributed by atoms with Gasteiger partial charge in [-0.1, -0.05) is 0 Å². The van der Waals surface area contributed by atoms with E-state index in [0.717, 1.165) is 0 Å². The lowest BCUT2D eigenvalue weighted by molar-refractivity contribution is 0.0527. The van der Waals surface area contributed by atoms with E-state index in [-0.39, 0.29) is 5.97 Å². The third kappa shape index (κ3) is 3.47. The van der Waals surface area contributed by atoms with Crippen molar-refractivity contribution in [3.05, 3.63) is 36.3 Å². The van der Waals surface area contributed by atoms with Gasteiger partial charge in [0.1, 0.15) is 11.4 Å². The summed E-state index contributed by atoms with van der Waals surface area (Å²) in [6.07, 6.45) is 4.95. The van der Waals surface area contributed by atoms with Crippen LogP contribution in [0.3, 0.4) is 0 Å². The molecule has 0 fully saturated rings. The van der Waals surface area contributed by atoms with E-state index in [1.54, 1.807) is 42.3 Å². The Balaban J connectivity index is 1.97. The van der Waals surface area contributed by atoms with Crippen molar-refractivity contribution in [2.45, 2.75) is 13.5 Å². The van der Waals surface area contributed by atoms with Gasteiger partial charge in [-0.2, -0.15) is 5.10 Å². The second-order valence-corrected chi connectivity index (χ2v) is 4.08. The predicted molar refractivity (Wildman–Crippen MR) is 75.3 cm³/mol. The number of pyridine rings is 1. The number of anilines is 2. The summed E-state index contributed by atoms with van der Waals surface area (Å²) < 4.78 is 6.70. The molecule has 0 aliphatic heterocycles. The molecule has 0 radical (unpaired) electrons. The molecular weight excluding hydrogens is 258 g/mol. The van der Waals surface area contributed by atoms with Crippen LogP contribution in [-0.2, 0) is 11.3 Å². The molecule has 0 aliphatic rings. The number of carbonyl (C=O) groups excluding carboxylic acids is 1. The molecule has 7 nitrogen and oxygen atoms in total. The molecule has 2 aromatic rings. The Kier molecular flexibility index (Phi) is 4.54. The van der Waals surface area contributed by atoms with Crippen molar-refractivity contribution in [2.75, 3.05) is 24.2 Å². The Bertz CT molecular complexity index is 582. The molecule has 0 amide bonds. The lowest BCUT2D eigenvalue weighted by atomic mass is 10.2. The Hall–Kier alpha value is -2.57. The number of esters is 1. The molecule has 0 saturated carbocycles. The van der Waals surface area contributed by atoms with Crippen molar-refractivity contribution in [1.82, 2.24) is 14.8 Å². The first kappa shape index (κ1) is 13.9. The van der Waals surface area contributed by atoms with Gasteiger partial charge >= 0.3 is 5.97 Å². The highest BCUT2D eigenvalue weighted by Gasteiger charge is 2.12. The van der Waals surface area contributed by atoms with Crippen molar-refractivity contribution in [2.24, 2.45) is 0 Å². The van der Waals surface area contributed by atoms with Crippen LogP contribution in [-0.4, -0.2) is 33.9 Å². The molecule has 7 heteroatoms. The number of hydrogen-bond acceptors (Lipinski definition) is 6. The third-order valence-electron chi connectivity index (χ3n) is 2.59. The van der Waals surface area contributed by atoms with Gasteiger partial charge in [0.2, 0.25) is 0 Å². The van der Waals surface area contributed by atoms with Gasteiger partial charge < -0.3 is 15.8 Å². The zero-order valence-corrected chi connectivity index (χ0v) is 11.2. The fourth-order valence-corrected chi connectivity index (χ4v) is 1.71. The number of rotatable bonds is 6. The fourth-order valence-electron chi connectivity index (χ4n) is 1.71. The second kappa shape index (κ2) is 6.55. The first-order valence-electron chi connectivity index (χ1n) is 6.34. The van der Waals surface area contributed by atoms with E-state index < -0.39 is 0 Å². The second-order valence-electron chi connectivity index (χ2n) is 4.08. The Morgan fingerprint density at radius 3 is 3.10 bits per heavy atom. The largest absolute Gasteiger partial charge is 0.462 e. The molecule has 3 N–H and O–H groups in total. The zero-order valence-electron chi connectivity index (χ0n) is 11.2. The lowest BCUT2D eigenvalue weighted by Crippen LogP contribution is -2.15. The van der Waals surface area contributed by atoms with Crippen LogP contribution in [0, 0.1) is 0 Å². The molecular formula is C13H17N5O2. The van der Waals surface area contributed by atoms with E-state index in [9.17, 15) is 4.79 Å². The van der Waals surface area contributed by atoms with E-state index in [4.69, 9.17) is 10.5 Å². The quantitative estimate of drug-likeness (QED) is 0.768. The first-order valence-corrected chi connectivity index (χ1v) is 6.34. The molecule has 2 aromatic heterocycles. The molecule has 0 spiro atoms. The number of hydrogen-bond donors (Lipinski definition) is 2. The van der Waals surface area contributed by atoms with Crippen LogP contribution in [0.2, 0.25) is 0 Å². The normalized spacial score (nSPS) is 10.2. The molecule has 0 aliphatic carbocycles. The van der Waals surface area contributed by atoms with Crippen molar-refractivity contribution in [3.63, 3.8) is 0 Å². The Morgan fingerprint density at radius 1 is 1.55 bits per heavy atom. The molecule has 2 heterocycles. The zero-order chi connectivity index (χ0) is 14.4. The molecule has 0 atom stereocenters. The van der Waals surface area contributed by atoms with Crippen molar-refractivity contribution < 1.29 is 9.53 Å². The van der Waals surface area contributed by atoms with Crippen molar-refractivity contribution in [1.29, 1.82) is 0 Å². The van der Waals surface area contributed by atoms with Gasteiger partial charge in [-0.25, -0.2) is 9.78 Å². The summed E-state index contributed by atoms with van der Waals surface area (Å²) in [7, 11) is 0. The van der Waals surface area contributed by atoms with Crippen LogP contribution in [0.25, 0.3) is 0 Å². The maximum Gasteiger partial charge on any atom is 0.341 e. The van der Waals surface area contributed by atoms with Gasteiger partial charge in [0.05, 0.1) is 25.0 Å². The van der Waals surface area contributed by atoms with Gasteiger partial charge in [-0.15, -0.1) is 0 Å². The van der Waals surface area contributed by atoms with Crippen LogP contribution in [0.15, 0.2) is 30.7 Å². The highest BCUT2D eigenvalue weighted by molar-refractivity contribution is 5.94. The maximum absolute atomic E-state index is 11.8. The highest BCUT2D eigenvalue weighted by Crippen LogP contribution is 2.12. The van der Waals surface area contributed by atoms with Crippen LogP contribution < -0.4 is 11.1 Å². The Morgan fingerprint density at radius 2 is 2.40 bits per heavy atom. The molecule has 2 rings (SSSR count).